The third-order valence-electron chi connectivity index (χ3n) is 3.33. The lowest BCUT2D eigenvalue weighted by Crippen LogP contribution is -2.54. The van der Waals surface area contributed by atoms with Crippen LogP contribution in [0.1, 0.15) is 33.3 Å². The van der Waals surface area contributed by atoms with Crippen LogP contribution in [0.5, 0.6) is 11.5 Å². The molecular weight excluding hydrogens is 356 g/mol. The molecule has 0 unspecified atom stereocenters. The minimum absolute atomic E-state index is 0.0179. The van der Waals surface area contributed by atoms with Gasteiger partial charge in [0.2, 0.25) is 5.91 Å². The number of ether oxygens (including phenoxy) is 3. The fourth-order valence-corrected chi connectivity index (χ4v) is 2.07. The molecule has 9 nitrogen and oxygen atoms in total. The molecule has 0 radical (unpaired) electrons. The predicted molar refractivity (Wildman–Crippen MR) is 95.0 cm³/mol. The summed E-state index contributed by atoms with van der Waals surface area (Å²) in [5, 5.41) is 2.53. The third kappa shape index (κ3) is 7.06. The average Bonchev–Trinajstić information content (AvgIpc) is 2.53. The van der Waals surface area contributed by atoms with E-state index in [9.17, 15) is 19.2 Å². The SMILES string of the molecule is COC(=O)[C@H](Cc1ccc(OC(C)=O)c(OC(C)=O)c1)NC(=O)C(C)(C)N. The fraction of sp³-hybridized carbons (Fsp3) is 0.444. The molecule has 0 saturated carbocycles. The van der Waals surface area contributed by atoms with Gasteiger partial charge in [-0.1, -0.05) is 6.07 Å². The zero-order chi connectivity index (χ0) is 20.8. The van der Waals surface area contributed by atoms with Crippen LogP contribution >= 0.6 is 0 Å². The van der Waals surface area contributed by atoms with Gasteiger partial charge in [-0.05, 0) is 31.5 Å². The van der Waals surface area contributed by atoms with Crippen LogP contribution in [0.25, 0.3) is 0 Å². The Bertz CT molecular complexity index is 738. The van der Waals surface area contributed by atoms with Gasteiger partial charge in [0, 0.05) is 20.3 Å². The standard InChI is InChI=1S/C18H24N2O7/c1-10(21)26-14-7-6-12(9-15(14)27-11(2)22)8-13(16(23)25-5)20-17(24)18(3,4)19/h6-7,9,13H,8,19H2,1-5H3,(H,20,24)/t13-/m0/s1. The highest BCUT2D eigenvalue weighted by Gasteiger charge is 2.29. The van der Waals surface area contributed by atoms with Crippen molar-refractivity contribution in [2.24, 2.45) is 5.73 Å². The quantitative estimate of drug-likeness (QED) is 0.515. The van der Waals surface area contributed by atoms with E-state index in [4.69, 9.17) is 19.9 Å². The lowest BCUT2D eigenvalue weighted by molar-refractivity contribution is -0.145. The van der Waals surface area contributed by atoms with Crippen molar-refractivity contribution >= 4 is 23.8 Å². The number of amides is 1. The van der Waals surface area contributed by atoms with Gasteiger partial charge in [0.15, 0.2) is 11.5 Å². The first-order valence-corrected chi connectivity index (χ1v) is 8.11. The van der Waals surface area contributed by atoms with Crippen molar-refractivity contribution in [3.63, 3.8) is 0 Å². The lowest BCUT2D eigenvalue weighted by atomic mass is 10.0. The van der Waals surface area contributed by atoms with Gasteiger partial charge in [-0.15, -0.1) is 0 Å². The number of rotatable bonds is 7. The van der Waals surface area contributed by atoms with Crippen LogP contribution in [-0.2, 0) is 30.3 Å². The molecule has 0 bridgehead atoms. The van der Waals surface area contributed by atoms with Crippen LogP contribution < -0.4 is 20.5 Å². The molecule has 0 fully saturated rings. The Hall–Kier alpha value is -2.94. The smallest absolute Gasteiger partial charge is 0.328 e. The number of esters is 3. The van der Waals surface area contributed by atoms with E-state index in [-0.39, 0.29) is 17.9 Å². The molecule has 1 amide bonds. The van der Waals surface area contributed by atoms with E-state index in [2.05, 4.69) is 5.32 Å². The van der Waals surface area contributed by atoms with Crippen molar-refractivity contribution in [2.45, 2.75) is 45.7 Å². The second-order valence-electron chi connectivity index (χ2n) is 6.44. The maximum absolute atomic E-state index is 12.1. The number of hydrogen-bond donors (Lipinski definition) is 2. The van der Waals surface area contributed by atoms with Crippen LogP contribution in [0.3, 0.4) is 0 Å². The van der Waals surface area contributed by atoms with Gasteiger partial charge in [-0.2, -0.15) is 0 Å². The maximum atomic E-state index is 12.1. The van der Waals surface area contributed by atoms with Gasteiger partial charge in [0.25, 0.3) is 0 Å². The van der Waals surface area contributed by atoms with Gasteiger partial charge < -0.3 is 25.3 Å². The van der Waals surface area contributed by atoms with Crippen molar-refractivity contribution in [1.29, 1.82) is 0 Å². The molecule has 1 rings (SSSR count). The normalized spacial score (nSPS) is 11.9. The summed E-state index contributed by atoms with van der Waals surface area (Å²) in [6.45, 7) is 5.42. The van der Waals surface area contributed by atoms with Gasteiger partial charge >= 0.3 is 17.9 Å². The maximum Gasteiger partial charge on any atom is 0.328 e. The first-order chi connectivity index (χ1) is 12.4. The zero-order valence-electron chi connectivity index (χ0n) is 16.0. The molecule has 9 heteroatoms. The minimum atomic E-state index is -1.19. The van der Waals surface area contributed by atoms with Crippen LogP contribution in [0.4, 0.5) is 0 Å². The van der Waals surface area contributed by atoms with E-state index < -0.39 is 35.4 Å². The van der Waals surface area contributed by atoms with Crippen molar-refractivity contribution in [1.82, 2.24) is 5.32 Å². The largest absolute Gasteiger partial charge is 0.467 e. The summed E-state index contributed by atoms with van der Waals surface area (Å²) in [7, 11) is 1.20. The molecule has 148 valence electrons. The summed E-state index contributed by atoms with van der Waals surface area (Å²) in [5.74, 6) is -2.31. The molecule has 0 aliphatic carbocycles. The van der Waals surface area contributed by atoms with Gasteiger partial charge in [0.1, 0.15) is 6.04 Å². The molecule has 1 atom stereocenters. The van der Waals surface area contributed by atoms with Crippen molar-refractivity contribution in [3.05, 3.63) is 23.8 Å². The molecular formula is C18H24N2O7. The number of carbonyl (C=O) groups is 4. The Morgan fingerprint density at radius 3 is 2.11 bits per heavy atom. The molecule has 1 aromatic carbocycles. The molecule has 0 heterocycles. The Kier molecular flexibility index (Phi) is 7.47. The molecule has 0 aliphatic rings. The summed E-state index contributed by atoms with van der Waals surface area (Å²) in [6.07, 6.45) is 0.0448. The summed E-state index contributed by atoms with van der Waals surface area (Å²) < 4.78 is 14.8. The van der Waals surface area contributed by atoms with Gasteiger partial charge in [-0.3, -0.25) is 14.4 Å². The fourth-order valence-electron chi connectivity index (χ4n) is 2.07. The Labute approximate surface area is 157 Å². The summed E-state index contributed by atoms with van der Waals surface area (Å²) in [6, 6.07) is 3.43. The molecule has 0 saturated heterocycles. The van der Waals surface area contributed by atoms with Crippen molar-refractivity contribution < 1.29 is 33.4 Å². The highest BCUT2D eigenvalue weighted by atomic mass is 16.6. The number of nitrogens with two attached hydrogens (primary N) is 1. The topological polar surface area (TPSA) is 134 Å². The lowest BCUT2D eigenvalue weighted by Gasteiger charge is -2.23. The average molecular weight is 380 g/mol. The number of benzene rings is 1. The number of nitrogens with one attached hydrogen (secondary N) is 1. The van der Waals surface area contributed by atoms with Crippen molar-refractivity contribution in [3.8, 4) is 11.5 Å². The Morgan fingerprint density at radius 2 is 1.63 bits per heavy atom. The molecule has 0 aromatic heterocycles. The van der Waals surface area contributed by atoms with Crippen LogP contribution in [0.2, 0.25) is 0 Å². The van der Waals surface area contributed by atoms with E-state index in [0.717, 1.165) is 0 Å². The highest BCUT2D eigenvalue weighted by molar-refractivity contribution is 5.89. The first kappa shape index (κ1) is 22.1. The molecule has 3 N–H and O–H groups in total. The van der Waals surface area contributed by atoms with E-state index in [1.807, 2.05) is 0 Å². The van der Waals surface area contributed by atoms with Crippen molar-refractivity contribution in [2.75, 3.05) is 7.11 Å². The first-order valence-electron chi connectivity index (χ1n) is 8.11. The monoisotopic (exact) mass is 380 g/mol. The minimum Gasteiger partial charge on any atom is -0.467 e. The highest BCUT2D eigenvalue weighted by Crippen LogP contribution is 2.29. The van der Waals surface area contributed by atoms with Gasteiger partial charge in [0.05, 0.1) is 12.6 Å². The van der Waals surface area contributed by atoms with E-state index >= 15 is 0 Å². The second kappa shape index (κ2) is 9.13. The van der Waals surface area contributed by atoms with Crippen LogP contribution in [0, 0.1) is 0 Å². The van der Waals surface area contributed by atoms with E-state index in [1.165, 1.54) is 46.9 Å². The molecule has 27 heavy (non-hydrogen) atoms. The molecule has 0 spiro atoms. The van der Waals surface area contributed by atoms with E-state index in [0.29, 0.717) is 5.56 Å². The van der Waals surface area contributed by atoms with Gasteiger partial charge in [-0.25, -0.2) is 4.79 Å². The predicted octanol–water partition coefficient (Wildman–Crippen LogP) is 0.475. The molecule has 1 aromatic rings. The third-order valence-corrected chi connectivity index (χ3v) is 3.33. The molecule has 0 aliphatic heterocycles. The number of hydrogen-bond acceptors (Lipinski definition) is 8. The summed E-state index contributed by atoms with van der Waals surface area (Å²) in [5.41, 5.74) is 5.09. The summed E-state index contributed by atoms with van der Waals surface area (Å²) in [4.78, 5) is 46.6. The number of methoxy groups -OCH3 is 1. The van der Waals surface area contributed by atoms with Crippen LogP contribution in [0.15, 0.2) is 18.2 Å². The summed E-state index contributed by atoms with van der Waals surface area (Å²) >= 11 is 0. The van der Waals surface area contributed by atoms with E-state index in [1.54, 1.807) is 6.07 Å². The van der Waals surface area contributed by atoms with Crippen LogP contribution in [-0.4, -0.2) is 42.5 Å². The Balaban J connectivity index is 3.13. The zero-order valence-corrected chi connectivity index (χ0v) is 16.0. The Morgan fingerprint density at radius 1 is 1.07 bits per heavy atom. The number of carbonyl (C=O) groups excluding carboxylic acids is 4. The second-order valence-corrected chi connectivity index (χ2v) is 6.44.